The van der Waals surface area contributed by atoms with Crippen LogP contribution in [0.15, 0.2) is 47.6 Å². The zero-order chi connectivity index (χ0) is 20.2. The van der Waals surface area contributed by atoms with Crippen molar-refractivity contribution in [3.05, 3.63) is 48.2 Å². The summed E-state index contributed by atoms with van der Waals surface area (Å²) in [5.74, 6) is 2.78. The standard InChI is InChI=1S/C21H30N4O3/c1-5-12-27-20-11-10-17(14-23-20)15-25-21(22-3)24-13-16(2)28-19-9-7-6-8-18(19)26-4/h6-11,14,16H,5,12-13,15H2,1-4H3,(H2,22,24,25). The maximum atomic E-state index is 5.95. The SMILES string of the molecule is CCCOc1ccc(CNC(=NC)NCC(C)Oc2ccccc2OC)cn1. The minimum absolute atomic E-state index is 0.0634. The van der Waals surface area contributed by atoms with Crippen LogP contribution in [-0.4, -0.2) is 44.4 Å². The normalized spacial score (nSPS) is 12.2. The van der Waals surface area contributed by atoms with Crippen molar-refractivity contribution in [2.45, 2.75) is 32.9 Å². The first kappa shape index (κ1) is 21.3. The molecule has 7 heteroatoms. The van der Waals surface area contributed by atoms with Gasteiger partial charge in [-0.1, -0.05) is 25.1 Å². The van der Waals surface area contributed by atoms with Crippen LogP contribution in [0, 0.1) is 0 Å². The second-order valence-corrected chi connectivity index (χ2v) is 6.24. The number of methoxy groups -OCH3 is 1. The third kappa shape index (κ3) is 6.98. The summed E-state index contributed by atoms with van der Waals surface area (Å²) in [4.78, 5) is 8.55. The van der Waals surface area contributed by atoms with Gasteiger partial charge in [0.2, 0.25) is 5.88 Å². The largest absolute Gasteiger partial charge is 0.493 e. The molecule has 1 unspecified atom stereocenters. The third-order valence-corrected chi connectivity index (χ3v) is 3.89. The number of ether oxygens (including phenoxy) is 3. The highest BCUT2D eigenvalue weighted by Gasteiger charge is 2.09. The molecule has 1 heterocycles. The van der Waals surface area contributed by atoms with Crippen molar-refractivity contribution in [2.24, 2.45) is 4.99 Å². The van der Waals surface area contributed by atoms with Crippen molar-refractivity contribution in [3.8, 4) is 17.4 Å². The lowest BCUT2D eigenvalue weighted by Crippen LogP contribution is -2.41. The van der Waals surface area contributed by atoms with Crippen LogP contribution in [0.1, 0.15) is 25.8 Å². The molecule has 0 bridgehead atoms. The first-order valence-electron chi connectivity index (χ1n) is 9.48. The molecule has 0 spiro atoms. The number of aromatic nitrogens is 1. The zero-order valence-electron chi connectivity index (χ0n) is 17.1. The van der Waals surface area contributed by atoms with Crippen molar-refractivity contribution in [1.29, 1.82) is 0 Å². The predicted molar refractivity (Wildman–Crippen MR) is 111 cm³/mol. The van der Waals surface area contributed by atoms with Crippen molar-refractivity contribution in [3.63, 3.8) is 0 Å². The van der Waals surface area contributed by atoms with Gasteiger partial charge in [-0.3, -0.25) is 4.99 Å². The van der Waals surface area contributed by atoms with Crippen LogP contribution in [0.5, 0.6) is 17.4 Å². The summed E-state index contributed by atoms with van der Waals surface area (Å²) in [6, 6.07) is 11.5. The summed E-state index contributed by atoms with van der Waals surface area (Å²) < 4.78 is 16.8. The Bertz CT molecular complexity index is 735. The van der Waals surface area contributed by atoms with Gasteiger partial charge in [0.05, 0.1) is 20.3 Å². The monoisotopic (exact) mass is 386 g/mol. The van der Waals surface area contributed by atoms with Gasteiger partial charge in [0.1, 0.15) is 6.10 Å². The van der Waals surface area contributed by atoms with Gasteiger partial charge in [-0.15, -0.1) is 0 Å². The molecule has 0 radical (unpaired) electrons. The van der Waals surface area contributed by atoms with E-state index in [2.05, 4.69) is 27.5 Å². The molecule has 0 saturated heterocycles. The van der Waals surface area contributed by atoms with E-state index < -0.39 is 0 Å². The molecule has 0 aliphatic heterocycles. The van der Waals surface area contributed by atoms with Crippen LogP contribution in [0.2, 0.25) is 0 Å². The molecule has 2 rings (SSSR count). The van der Waals surface area contributed by atoms with Gasteiger partial charge in [-0.25, -0.2) is 4.98 Å². The Kier molecular flexibility index (Phi) is 8.91. The Morgan fingerprint density at radius 2 is 1.93 bits per heavy atom. The number of guanidine groups is 1. The van der Waals surface area contributed by atoms with E-state index in [-0.39, 0.29) is 6.10 Å². The Morgan fingerprint density at radius 1 is 1.14 bits per heavy atom. The van der Waals surface area contributed by atoms with E-state index in [1.165, 1.54) is 0 Å². The fourth-order valence-electron chi connectivity index (χ4n) is 2.43. The van der Waals surface area contributed by atoms with E-state index in [1.54, 1.807) is 20.4 Å². The van der Waals surface area contributed by atoms with Crippen LogP contribution >= 0.6 is 0 Å². The molecule has 0 aliphatic rings. The molecule has 152 valence electrons. The molecule has 0 saturated carbocycles. The number of nitrogens with zero attached hydrogens (tertiary/aromatic N) is 2. The fraction of sp³-hybridized carbons (Fsp3) is 0.429. The van der Waals surface area contributed by atoms with Crippen LogP contribution < -0.4 is 24.8 Å². The van der Waals surface area contributed by atoms with Crippen LogP contribution in [0.3, 0.4) is 0 Å². The molecule has 1 aromatic heterocycles. The zero-order valence-corrected chi connectivity index (χ0v) is 17.1. The van der Waals surface area contributed by atoms with Crippen molar-refractivity contribution in [2.75, 3.05) is 27.3 Å². The number of aliphatic imine (C=N–C) groups is 1. The quantitative estimate of drug-likeness (QED) is 0.483. The van der Waals surface area contributed by atoms with Gasteiger partial charge in [-0.2, -0.15) is 0 Å². The summed E-state index contributed by atoms with van der Waals surface area (Å²) in [6.07, 6.45) is 2.71. The first-order valence-corrected chi connectivity index (χ1v) is 9.48. The maximum Gasteiger partial charge on any atom is 0.213 e. The average Bonchev–Trinajstić information content (AvgIpc) is 2.73. The van der Waals surface area contributed by atoms with E-state index in [4.69, 9.17) is 14.2 Å². The minimum Gasteiger partial charge on any atom is -0.493 e. The smallest absolute Gasteiger partial charge is 0.213 e. The van der Waals surface area contributed by atoms with Gasteiger partial charge in [0, 0.05) is 25.9 Å². The number of nitrogens with one attached hydrogen (secondary N) is 2. The number of benzene rings is 1. The second kappa shape index (κ2) is 11.7. The predicted octanol–water partition coefficient (Wildman–Crippen LogP) is 3.01. The van der Waals surface area contributed by atoms with Gasteiger partial charge >= 0.3 is 0 Å². The molecule has 2 N–H and O–H groups in total. The van der Waals surface area contributed by atoms with Gasteiger partial charge in [0.15, 0.2) is 17.5 Å². The Morgan fingerprint density at radius 3 is 2.57 bits per heavy atom. The highest BCUT2D eigenvalue weighted by atomic mass is 16.5. The molecule has 0 fully saturated rings. The lowest BCUT2D eigenvalue weighted by Gasteiger charge is -2.19. The fourth-order valence-corrected chi connectivity index (χ4v) is 2.43. The highest BCUT2D eigenvalue weighted by Crippen LogP contribution is 2.26. The Hall–Kier alpha value is -2.96. The van der Waals surface area contributed by atoms with E-state index in [1.807, 2.05) is 43.3 Å². The Labute approximate surface area is 167 Å². The number of para-hydroxylation sites is 2. The molecule has 0 aliphatic carbocycles. The summed E-state index contributed by atoms with van der Waals surface area (Å²) >= 11 is 0. The lowest BCUT2D eigenvalue weighted by atomic mass is 10.3. The highest BCUT2D eigenvalue weighted by molar-refractivity contribution is 5.79. The molecule has 2 aromatic rings. The number of hydrogen-bond donors (Lipinski definition) is 2. The maximum absolute atomic E-state index is 5.95. The van der Waals surface area contributed by atoms with Crippen LogP contribution in [0.25, 0.3) is 0 Å². The number of pyridine rings is 1. The van der Waals surface area contributed by atoms with Crippen molar-refractivity contribution < 1.29 is 14.2 Å². The Balaban J connectivity index is 1.77. The molecule has 0 amide bonds. The van der Waals surface area contributed by atoms with Crippen LogP contribution in [0.4, 0.5) is 0 Å². The second-order valence-electron chi connectivity index (χ2n) is 6.24. The van der Waals surface area contributed by atoms with Gasteiger partial charge < -0.3 is 24.8 Å². The van der Waals surface area contributed by atoms with Crippen LogP contribution in [-0.2, 0) is 6.54 Å². The third-order valence-electron chi connectivity index (χ3n) is 3.89. The summed E-state index contributed by atoms with van der Waals surface area (Å²) in [7, 11) is 3.37. The van der Waals surface area contributed by atoms with Gasteiger partial charge in [-0.05, 0) is 31.0 Å². The van der Waals surface area contributed by atoms with E-state index in [0.717, 1.165) is 23.5 Å². The van der Waals surface area contributed by atoms with Crippen molar-refractivity contribution >= 4 is 5.96 Å². The average molecular weight is 386 g/mol. The molecular weight excluding hydrogens is 356 g/mol. The van der Waals surface area contributed by atoms with Crippen molar-refractivity contribution in [1.82, 2.24) is 15.6 Å². The molecule has 28 heavy (non-hydrogen) atoms. The molecule has 1 aromatic carbocycles. The number of rotatable bonds is 10. The van der Waals surface area contributed by atoms with E-state index in [0.29, 0.717) is 31.5 Å². The molecular formula is C21H30N4O3. The molecule has 1 atom stereocenters. The first-order chi connectivity index (χ1) is 13.7. The minimum atomic E-state index is -0.0634. The lowest BCUT2D eigenvalue weighted by molar-refractivity contribution is 0.213. The number of hydrogen-bond acceptors (Lipinski definition) is 5. The summed E-state index contributed by atoms with van der Waals surface area (Å²) in [5.41, 5.74) is 1.05. The molecule has 7 nitrogen and oxygen atoms in total. The summed E-state index contributed by atoms with van der Waals surface area (Å²) in [6.45, 7) is 5.95. The summed E-state index contributed by atoms with van der Waals surface area (Å²) in [5, 5.41) is 6.53. The van der Waals surface area contributed by atoms with Gasteiger partial charge in [0.25, 0.3) is 0 Å². The van der Waals surface area contributed by atoms with E-state index >= 15 is 0 Å². The topological polar surface area (TPSA) is 77.0 Å². The van der Waals surface area contributed by atoms with E-state index in [9.17, 15) is 0 Å².